The van der Waals surface area contributed by atoms with Crippen molar-refractivity contribution in [2.75, 3.05) is 0 Å². The summed E-state index contributed by atoms with van der Waals surface area (Å²) in [5.74, 6) is 2.47. The van der Waals surface area contributed by atoms with Gasteiger partial charge in [-0.05, 0) is 36.4 Å². The fourth-order valence-corrected chi connectivity index (χ4v) is 7.77. The molecule has 11 aromatic rings. The molecule has 0 aliphatic rings. The fourth-order valence-electron chi connectivity index (χ4n) is 7.77. The average molecular weight is 708 g/mol. The van der Waals surface area contributed by atoms with Crippen molar-refractivity contribution in [3.05, 3.63) is 176 Å². The maximum atomic E-state index is 6.73. The van der Waals surface area contributed by atoms with E-state index in [4.69, 9.17) is 29.6 Å². The van der Waals surface area contributed by atoms with E-state index in [1.54, 1.807) is 0 Å². The maximum Gasteiger partial charge on any atom is 0.250 e. The topological polar surface area (TPSA) is 87.5 Å². The van der Waals surface area contributed by atoms with E-state index in [-0.39, 0.29) is 0 Å². The summed E-state index contributed by atoms with van der Waals surface area (Å²) in [6.45, 7) is 0. The van der Waals surface area contributed by atoms with Crippen molar-refractivity contribution >= 4 is 43.6 Å². The van der Waals surface area contributed by atoms with E-state index >= 15 is 0 Å². The normalized spacial score (nSPS) is 11.6. The molecule has 4 heterocycles. The predicted octanol–water partition coefficient (Wildman–Crippen LogP) is 11.1. The summed E-state index contributed by atoms with van der Waals surface area (Å²) in [5.41, 5.74) is 8.38. The van der Waals surface area contributed by atoms with Gasteiger partial charge in [-0.2, -0.15) is 9.97 Å². The Morgan fingerprint density at radius 2 is 0.800 bits per heavy atom. The molecule has 4 aromatic heterocycles. The molecular formula is C47H29N7O. The zero-order valence-electron chi connectivity index (χ0n) is 29.3. The molecule has 0 atom stereocenters. The zero-order chi connectivity index (χ0) is 36.3. The third-order valence-electron chi connectivity index (χ3n) is 10.2. The van der Waals surface area contributed by atoms with Gasteiger partial charge in [-0.1, -0.05) is 140 Å². The summed E-state index contributed by atoms with van der Waals surface area (Å²) in [6.07, 6.45) is 0. The Balaban J connectivity index is 1.15. The Labute approximate surface area is 314 Å². The number of aromatic nitrogens is 7. The zero-order valence-corrected chi connectivity index (χ0v) is 29.3. The molecule has 55 heavy (non-hydrogen) atoms. The van der Waals surface area contributed by atoms with Crippen LogP contribution in [0.2, 0.25) is 0 Å². The van der Waals surface area contributed by atoms with Crippen LogP contribution in [0.4, 0.5) is 0 Å². The lowest BCUT2D eigenvalue weighted by Crippen LogP contribution is -2.07. The Hall–Kier alpha value is -7.71. The van der Waals surface area contributed by atoms with Crippen LogP contribution in [0.3, 0.4) is 0 Å². The number of para-hydroxylation sites is 5. The molecule has 0 spiro atoms. The van der Waals surface area contributed by atoms with Crippen LogP contribution in [-0.2, 0) is 0 Å². The van der Waals surface area contributed by atoms with Gasteiger partial charge < -0.3 is 8.98 Å². The van der Waals surface area contributed by atoms with Crippen molar-refractivity contribution < 1.29 is 4.42 Å². The van der Waals surface area contributed by atoms with Crippen LogP contribution >= 0.6 is 0 Å². The standard InChI is InChI=1S/C47H29N7O/c1-4-16-30(17-5-1)43-48-44(31-18-6-2-7-19-31)50-47(49-43)54-40-29-13-11-23-34(40)36-25-15-27-38(42(36)54)46-52-51-45(55-46)37-26-14-24-35-33-22-10-12-28-39(33)53(41(35)37)32-20-8-3-9-21-32/h1-29H. The molecule has 0 saturated heterocycles. The molecule has 0 saturated carbocycles. The molecule has 0 aliphatic carbocycles. The fraction of sp³-hybridized carbons (Fsp3) is 0. The van der Waals surface area contributed by atoms with Gasteiger partial charge in [0.2, 0.25) is 17.7 Å². The van der Waals surface area contributed by atoms with Crippen molar-refractivity contribution in [2.24, 2.45) is 0 Å². The van der Waals surface area contributed by atoms with Crippen molar-refractivity contribution in [3.63, 3.8) is 0 Å². The summed E-state index contributed by atoms with van der Waals surface area (Å²) >= 11 is 0. The van der Waals surface area contributed by atoms with Gasteiger partial charge in [0.05, 0.1) is 33.2 Å². The Morgan fingerprint density at radius 1 is 0.364 bits per heavy atom. The van der Waals surface area contributed by atoms with E-state index < -0.39 is 0 Å². The highest BCUT2D eigenvalue weighted by Crippen LogP contribution is 2.41. The van der Waals surface area contributed by atoms with Crippen LogP contribution in [0.15, 0.2) is 180 Å². The van der Waals surface area contributed by atoms with Gasteiger partial charge in [-0.15, -0.1) is 10.2 Å². The van der Waals surface area contributed by atoms with Crippen molar-refractivity contribution in [1.82, 2.24) is 34.3 Å². The lowest BCUT2D eigenvalue weighted by atomic mass is 10.1. The summed E-state index contributed by atoms with van der Waals surface area (Å²) in [5, 5.41) is 13.8. The van der Waals surface area contributed by atoms with E-state index in [9.17, 15) is 0 Å². The summed E-state index contributed by atoms with van der Waals surface area (Å²) in [7, 11) is 0. The number of nitrogens with zero attached hydrogens (tertiary/aromatic N) is 7. The molecular weight excluding hydrogens is 679 g/mol. The minimum absolute atomic E-state index is 0.393. The third kappa shape index (κ3) is 4.96. The summed E-state index contributed by atoms with van der Waals surface area (Å²) in [4.78, 5) is 15.2. The highest BCUT2D eigenvalue weighted by atomic mass is 16.4. The first-order chi connectivity index (χ1) is 27.3. The number of fused-ring (bicyclic) bond motifs is 6. The van der Waals surface area contributed by atoms with Gasteiger partial charge in [0.1, 0.15) is 0 Å². The van der Waals surface area contributed by atoms with Crippen molar-refractivity contribution in [1.29, 1.82) is 0 Å². The van der Waals surface area contributed by atoms with Crippen molar-refractivity contribution in [3.8, 4) is 57.3 Å². The first-order valence-electron chi connectivity index (χ1n) is 18.1. The number of hydrogen-bond acceptors (Lipinski definition) is 6. The maximum absolute atomic E-state index is 6.73. The van der Waals surface area contributed by atoms with Crippen LogP contribution in [0.5, 0.6) is 0 Å². The van der Waals surface area contributed by atoms with Crippen LogP contribution in [-0.4, -0.2) is 34.3 Å². The third-order valence-corrected chi connectivity index (χ3v) is 10.2. The van der Waals surface area contributed by atoms with E-state index in [1.807, 2.05) is 91.0 Å². The van der Waals surface area contributed by atoms with Crippen LogP contribution in [0.25, 0.3) is 101 Å². The average Bonchev–Trinajstić information content (AvgIpc) is 3.98. The monoisotopic (exact) mass is 707 g/mol. The number of hydrogen-bond donors (Lipinski definition) is 0. The quantitative estimate of drug-likeness (QED) is 0.171. The molecule has 258 valence electrons. The SMILES string of the molecule is c1ccc(-c2nc(-c3ccccc3)nc(-n3c4ccccc4c4cccc(-c5nnc(-c6cccc7c8ccccc8n(-c8ccccc8)c67)o5)c43)n2)cc1. The highest BCUT2D eigenvalue weighted by Gasteiger charge is 2.24. The molecule has 0 N–H and O–H groups in total. The van der Waals surface area contributed by atoms with Crippen LogP contribution < -0.4 is 0 Å². The van der Waals surface area contributed by atoms with Gasteiger partial charge in [-0.25, -0.2) is 4.98 Å². The lowest BCUT2D eigenvalue weighted by Gasteiger charge is -2.12. The minimum Gasteiger partial charge on any atom is -0.416 e. The Bertz CT molecular complexity index is 3140. The van der Waals surface area contributed by atoms with E-state index in [1.165, 1.54) is 0 Å². The molecule has 8 heteroatoms. The Kier molecular flexibility index (Phi) is 6.99. The molecule has 8 nitrogen and oxygen atoms in total. The van der Waals surface area contributed by atoms with Crippen LogP contribution in [0, 0.1) is 0 Å². The molecule has 0 fully saturated rings. The first kappa shape index (κ1) is 30.9. The molecule has 7 aromatic carbocycles. The molecule has 0 unspecified atom stereocenters. The second kappa shape index (κ2) is 12.5. The Morgan fingerprint density at radius 3 is 1.35 bits per heavy atom. The minimum atomic E-state index is 0.393. The van der Waals surface area contributed by atoms with E-state index in [2.05, 4.69) is 94.1 Å². The van der Waals surface area contributed by atoms with E-state index in [0.29, 0.717) is 29.4 Å². The highest BCUT2D eigenvalue weighted by molar-refractivity contribution is 6.14. The molecule has 0 amide bonds. The summed E-state index contributed by atoms with van der Waals surface area (Å²) < 4.78 is 11.1. The predicted molar refractivity (Wildman–Crippen MR) is 218 cm³/mol. The van der Waals surface area contributed by atoms with Crippen molar-refractivity contribution in [2.45, 2.75) is 0 Å². The lowest BCUT2D eigenvalue weighted by molar-refractivity contribution is 0.585. The summed E-state index contributed by atoms with van der Waals surface area (Å²) in [6, 6.07) is 59.6. The van der Waals surface area contributed by atoms with Gasteiger partial charge >= 0.3 is 0 Å². The second-order valence-electron chi connectivity index (χ2n) is 13.4. The van der Waals surface area contributed by atoms with Gasteiger partial charge in [-0.3, -0.25) is 4.57 Å². The molecule has 11 rings (SSSR count). The smallest absolute Gasteiger partial charge is 0.250 e. The first-order valence-corrected chi connectivity index (χ1v) is 18.1. The molecule has 0 aliphatic heterocycles. The number of benzene rings is 7. The number of rotatable bonds is 6. The largest absolute Gasteiger partial charge is 0.416 e. The van der Waals surface area contributed by atoms with Crippen LogP contribution in [0.1, 0.15) is 0 Å². The second-order valence-corrected chi connectivity index (χ2v) is 13.4. The molecule has 0 radical (unpaired) electrons. The van der Waals surface area contributed by atoms with Gasteiger partial charge in [0.25, 0.3) is 0 Å². The van der Waals surface area contributed by atoms with Gasteiger partial charge in [0.15, 0.2) is 11.6 Å². The molecule has 0 bridgehead atoms. The van der Waals surface area contributed by atoms with E-state index in [0.717, 1.165) is 71.6 Å². The van der Waals surface area contributed by atoms with Gasteiger partial charge in [0, 0.05) is 38.4 Å².